The van der Waals surface area contributed by atoms with Gasteiger partial charge in [-0.25, -0.2) is 0 Å². The minimum absolute atomic E-state index is 0.0420. The standard InChI is InChI=1S/C12H23IO2/c1-12(2,3)15-9-8-14-11-7-5-4-6-10(11)13/h10-11H,4-9H2,1-3H3. The monoisotopic (exact) mass is 326 g/mol. The largest absolute Gasteiger partial charge is 0.375 e. The van der Waals surface area contributed by atoms with Crippen molar-refractivity contribution in [1.82, 2.24) is 0 Å². The lowest BCUT2D eigenvalue weighted by atomic mass is 9.98. The molecule has 0 amide bonds. The molecule has 0 spiro atoms. The second-order valence-corrected chi connectivity index (χ2v) is 6.77. The van der Waals surface area contributed by atoms with Crippen molar-refractivity contribution in [1.29, 1.82) is 0 Å². The van der Waals surface area contributed by atoms with Gasteiger partial charge in [-0.15, -0.1) is 0 Å². The molecule has 1 fully saturated rings. The van der Waals surface area contributed by atoms with Gasteiger partial charge in [-0.2, -0.15) is 0 Å². The molecule has 0 aromatic heterocycles. The van der Waals surface area contributed by atoms with Crippen LogP contribution in [0.4, 0.5) is 0 Å². The van der Waals surface area contributed by atoms with Crippen LogP contribution in [0, 0.1) is 0 Å². The molecule has 0 aromatic rings. The minimum atomic E-state index is -0.0420. The van der Waals surface area contributed by atoms with E-state index in [1.807, 2.05) is 0 Å². The van der Waals surface area contributed by atoms with Crippen molar-refractivity contribution in [3.8, 4) is 0 Å². The van der Waals surface area contributed by atoms with Gasteiger partial charge in [0.15, 0.2) is 0 Å². The van der Waals surface area contributed by atoms with Gasteiger partial charge in [-0.05, 0) is 33.6 Å². The van der Waals surface area contributed by atoms with Gasteiger partial charge < -0.3 is 9.47 Å². The summed E-state index contributed by atoms with van der Waals surface area (Å²) < 4.78 is 12.2. The second kappa shape index (κ2) is 6.40. The van der Waals surface area contributed by atoms with Crippen LogP contribution in [-0.4, -0.2) is 28.8 Å². The van der Waals surface area contributed by atoms with E-state index in [1.165, 1.54) is 25.7 Å². The third kappa shape index (κ3) is 6.07. The van der Waals surface area contributed by atoms with Crippen LogP contribution < -0.4 is 0 Å². The molecule has 2 unspecified atom stereocenters. The second-order valence-electron chi connectivity index (χ2n) is 5.17. The van der Waals surface area contributed by atoms with E-state index < -0.39 is 0 Å². The normalized spacial score (nSPS) is 28.0. The number of rotatable bonds is 4. The van der Waals surface area contributed by atoms with E-state index in [-0.39, 0.29) is 5.60 Å². The Morgan fingerprint density at radius 1 is 1.13 bits per heavy atom. The Labute approximate surface area is 107 Å². The number of hydrogen-bond acceptors (Lipinski definition) is 2. The average molecular weight is 326 g/mol. The molecule has 1 aliphatic rings. The first-order valence-electron chi connectivity index (χ1n) is 5.89. The highest BCUT2D eigenvalue weighted by atomic mass is 127. The van der Waals surface area contributed by atoms with E-state index >= 15 is 0 Å². The molecule has 0 radical (unpaired) electrons. The molecule has 1 aliphatic carbocycles. The lowest BCUT2D eigenvalue weighted by molar-refractivity contribution is -0.0551. The molecule has 90 valence electrons. The first-order valence-corrected chi connectivity index (χ1v) is 7.13. The molecule has 0 bridgehead atoms. The maximum Gasteiger partial charge on any atom is 0.0707 e. The summed E-state index contributed by atoms with van der Waals surface area (Å²) in [5.74, 6) is 0. The fourth-order valence-electron chi connectivity index (χ4n) is 1.79. The highest BCUT2D eigenvalue weighted by molar-refractivity contribution is 14.1. The molecule has 0 aromatic carbocycles. The number of alkyl halides is 1. The summed E-state index contributed by atoms with van der Waals surface area (Å²) in [5.41, 5.74) is -0.0420. The molecule has 0 aliphatic heterocycles. The number of halogens is 1. The topological polar surface area (TPSA) is 18.5 Å². The van der Waals surface area contributed by atoms with Crippen molar-refractivity contribution in [2.75, 3.05) is 13.2 Å². The Morgan fingerprint density at radius 2 is 1.80 bits per heavy atom. The van der Waals surface area contributed by atoms with Gasteiger partial charge >= 0.3 is 0 Å². The summed E-state index contributed by atoms with van der Waals surface area (Å²) in [6.45, 7) is 7.68. The van der Waals surface area contributed by atoms with E-state index in [9.17, 15) is 0 Å². The Hall–Kier alpha value is 0.650. The first kappa shape index (κ1) is 13.7. The van der Waals surface area contributed by atoms with Gasteiger partial charge in [-0.3, -0.25) is 0 Å². The minimum Gasteiger partial charge on any atom is -0.375 e. The fraction of sp³-hybridized carbons (Fsp3) is 1.00. The molecule has 2 nitrogen and oxygen atoms in total. The van der Waals surface area contributed by atoms with Crippen molar-refractivity contribution < 1.29 is 9.47 Å². The van der Waals surface area contributed by atoms with Crippen LogP contribution >= 0.6 is 22.6 Å². The summed E-state index contributed by atoms with van der Waals surface area (Å²) in [5, 5.41) is 0. The van der Waals surface area contributed by atoms with Crippen LogP contribution in [0.25, 0.3) is 0 Å². The van der Waals surface area contributed by atoms with E-state index in [1.54, 1.807) is 0 Å². The van der Waals surface area contributed by atoms with Crippen LogP contribution in [0.2, 0.25) is 0 Å². The predicted molar refractivity (Wildman–Crippen MR) is 71.7 cm³/mol. The van der Waals surface area contributed by atoms with Gasteiger partial charge in [0.05, 0.1) is 24.9 Å². The fourth-order valence-corrected chi connectivity index (χ4v) is 2.79. The van der Waals surface area contributed by atoms with Crippen LogP contribution in [-0.2, 0) is 9.47 Å². The predicted octanol–water partition coefficient (Wildman–Crippen LogP) is 3.56. The smallest absolute Gasteiger partial charge is 0.0707 e. The van der Waals surface area contributed by atoms with Crippen LogP contribution in [0.15, 0.2) is 0 Å². The van der Waals surface area contributed by atoms with Crippen molar-refractivity contribution in [3.05, 3.63) is 0 Å². The first-order chi connectivity index (χ1) is 6.99. The zero-order chi connectivity index (χ0) is 11.3. The summed E-state index contributed by atoms with van der Waals surface area (Å²) in [6, 6.07) is 0. The average Bonchev–Trinajstić information content (AvgIpc) is 2.13. The van der Waals surface area contributed by atoms with Gasteiger partial charge in [0.25, 0.3) is 0 Å². The molecular weight excluding hydrogens is 303 g/mol. The Bertz CT molecular complexity index is 177. The highest BCUT2D eigenvalue weighted by Gasteiger charge is 2.23. The quantitative estimate of drug-likeness (QED) is 0.447. The van der Waals surface area contributed by atoms with E-state index in [0.717, 1.165) is 6.61 Å². The molecule has 0 heterocycles. The molecule has 1 rings (SSSR count). The third-order valence-corrected chi connectivity index (χ3v) is 4.00. The van der Waals surface area contributed by atoms with E-state index in [4.69, 9.17) is 9.47 Å². The summed E-state index contributed by atoms with van der Waals surface area (Å²) in [6.07, 6.45) is 5.69. The number of ether oxygens (including phenoxy) is 2. The molecule has 0 N–H and O–H groups in total. The highest BCUT2D eigenvalue weighted by Crippen LogP contribution is 2.27. The lowest BCUT2D eigenvalue weighted by Gasteiger charge is -2.28. The van der Waals surface area contributed by atoms with E-state index in [2.05, 4.69) is 43.4 Å². The van der Waals surface area contributed by atoms with Crippen molar-refractivity contribution in [3.63, 3.8) is 0 Å². The van der Waals surface area contributed by atoms with Gasteiger partial charge in [0, 0.05) is 3.92 Å². The Balaban J connectivity index is 2.08. The van der Waals surface area contributed by atoms with Crippen molar-refractivity contribution >= 4 is 22.6 Å². The van der Waals surface area contributed by atoms with Gasteiger partial charge in [0.1, 0.15) is 0 Å². The third-order valence-electron chi connectivity index (χ3n) is 2.57. The summed E-state index contributed by atoms with van der Waals surface area (Å²) in [4.78, 5) is 0. The molecule has 0 saturated heterocycles. The molecule has 15 heavy (non-hydrogen) atoms. The Morgan fingerprint density at radius 3 is 2.40 bits per heavy atom. The van der Waals surface area contributed by atoms with Crippen LogP contribution in [0.1, 0.15) is 46.5 Å². The zero-order valence-electron chi connectivity index (χ0n) is 10.1. The molecule has 3 heteroatoms. The van der Waals surface area contributed by atoms with Crippen LogP contribution in [0.5, 0.6) is 0 Å². The molecular formula is C12H23IO2. The van der Waals surface area contributed by atoms with Crippen molar-refractivity contribution in [2.24, 2.45) is 0 Å². The summed E-state index contributed by atoms with van der Waals surface area (Å²) >= 11 is 2.52. The molecule has 2 atom stereocenters. The maximum atomic E-state index is 5.86. The summed E-state index contributed by atoms with van der Waals surface area (Å²) in [7, 11) is 0. The zero-order valence-corrected chi connectivity index (χ0v) is 12.2. The van der Waals surface area contributed by atoms with Gasteiger partial charge in [0.2, 0.25) is 0 Å². The maximum absolute atomic E-state index is 5.86. The lowest BCUT2D eigenvalue weighted by Crippen LogP contribution is -2.30. The van der Waals surface area contributed by atoms with Gasteiger partial charge in [-0.1, -0.05) is 35.4 Å². The van der Waals surface area contributed by atoms with Crippen molar-refractivity contribution in [2.45, 2.75) is 62.1 Å². The SMILES string of the molecule is CC(C)(C)OCCOC1CCCCC1I. The Kier molecular flexibility index (Phi) is 5.85. The molecule has 1 saturated carbocycles. The van der Waals surface area contributed by atoms with E-state index in [0.29, 0.717) is 16.6 Å². The number of hydrogen-bond donors (Lipinski definition) is 0. The van der Waals surface area contributed by atoms with Crippen LogP contribution in [0.3, 0.4) is 0 Å².